The van der Waals surface area contributed by atoms with Crippen molar-refractivity contribution < 1.29 is 23.9 Å². The van der Waals surface area contributed by atoms with E-state index >= 15 is 0 Å². The number of aldehydes is 1. The molecule has 1 unspecified atom stereocenters. The van der Waals surface area contributed by atoms with Gasteiger partial charge in [0.2, 0.25) is 17.7 Å². The topological polar surface area (TPSA) is 92.8 Å². The first kappa shape index (κ1) is 22.3. The molecule has 0 saturated carbocycles. The molecule has 1 aliphatic rings. The quantitative estimate of drug-likeness (QED) is 0.441. The van der Waals surface area contributed by atoms with Crippen LogP contribution in [0.5, 0.6) is 0 Å². The summed E-state index contributed by atoms with van der Waals surface area (Å²) < 4.78 is 5.72. The third-order valence-electron chi connectivity index (χ3n) is 4.42. The lowest BCUT2D eigenvalue weighted by atomic mass is 9.90. The van der Waals surface area contributed by atoms with Gasteiger partial charge in [-0.1, -0.05) is 34.6 Å². The number of carbonyl (C=O) groups excluding carboxylic acids is 4. The Labute approximate surface area is 155 Å². The third kappa shape index (κ3) is 7.23. The maximum Gasteiger partial charge on any atom is 0.232 e. The molecule has 7 nitrogen and oxygen atoms in total. The van der Waals surface area contributed by atoms with Crippen LogP contribution in [0, 0.1) is 16.7 Å². The summed E-state index contributed by atoms with van der Waals surface area (Å²) >= 11 is 0. The Hall–Kier alpha value is -1.76. The number of carbonyl (C=O) groups is 4. The fraction of sp³-hybridized carbons (Fsp3) is 0.789. The first-order chi connectivity index (χ1) is 12.0. The zero-order chi connectivity index (χ0) is 20.0. The molecule has 0 bridgehead atoms. The number of amides is 3. The SMILES string of the molecule is CC1CC(=O)N(CCC(=O)NCC(C)(C)COCC(C)(C)CC=O)C1=O. The van der Waals surface area contributed by atoms with Gasteiger partial charge in [0.15, 0.2) is 0 Å². The van der Waals surface area contributed by atoms with E-state index in [0.29, 0.717) is 26.2 Å². The van der Waals surface area contributed by atoms with Crippen LogP contribution in [0.25, 0.3) is 0 Å². The van der Waals surface area contributed by atoms with Gasteiger partial charge in [0.1, 0.15) is 6.29 Å². The minimum Gasteiger partial charge on any atom is -0.380 e. The molecule has 1 rings (SSSR count). The van der Waals surface area contributed by atoms with Gasteiger partial charge in [-0.15, -0.1) is 0 Å². The summed E-state index contributed by atoms with van der Waals surface area (Å²) in [6.45, 7) is 11.1. The van der Waals surface area contributed by atoms with E-state index in [4.69, 9.17) is 4.74 Å². The van der Waals surface area contributed by atoms with Gasteiger partial charge in [0.25, 0.3) is 0 Å². The average Bonchev–Trinajstić information content (AvgIpc) is 2.75. The highest BCUT2D eigenvalue weighted by molar-refractivity contribution is 6.03. The van der Waals surface area contributed by atoms with Gasteiger partial charge < -0.3 is 14.8 Å². The van der Waals surface area contributed by atoms with Gasteiger partial charge in [0.05, 0.1) is 13.2 Å². The van der Waals surface area contributed by atoms with Crippen molar-refractivity contribution >= 4 is 24.0 Å². The van der Waals surface area contributed by atoms with E-state index in [2.05, 4.69) is 5.32 Å². The van der Waals surface area contributed by atoms with Crippen molar-refractivity contribution in [3.8, 4) is 0 Å². The second-order valence-corrected chi connectivity index (χ2v) is 8.71. The number of hydrogen-bond acceptors (Lipinski definition) is 5. The molecule has 1 aliphatic heterocycles. The number of rotatable bonds is 11. The summed E-state index contributed by atoms with van der Waals surface area (Å²) in [6, 6.07) is 0. The standard InChI is InChI=1S/C19H32N2O5/c1-14-10-16(24)21(17(14)25)8-6-15(23)20-11-19(4,5)13-26-12-18(2,3)7-9-22/h9,14H,6-8,10-13H2,1-5H3,(H,20,23). The number of likely N-dealkylation sites (tertiary alicyclic amines) is 1. The number of imide groups is 1. The van der Waals surface area contributed by atoms with Gasteiger partial charge in [-0.05, 0) is 5.41 Å². The molecule has 0 aromatic carbocycles. The van der Waals surface area contributed by atoms with Crippen LogP contribution in [0.2, 0.25) is 0 Å². The Morgan fingerprint density at radius 1 is 1.23 bits per heavy atom. The van der Waals surface area contributed by atoms with Gasteiger partial charge in [-0.25, -0.2) is 0 Å². The molecule has 0 aromatic heterocycles. The van der Waals surface area contributed by atoms with Crippen LogP contribution >= 0.6 is 0 Å². The molecule has 0 aliphatic carbocycles. The average molecular weight is 368 g/mol. The van der Waals surface area contributed by atoms with Crippen LogP contribution in [0.1, 0.15) is 53.9 Å². The minimum absolute atomic E-state index is 0.105. The molecule has 1 atom stereocenters. The van der Waals surface area contributed by atoms with E-state index in [-0.39, 0.29) is 53.9 Å². The van der Waals surface area contributed by atoms with Crippen LogP contribution in [0.3, 0.4) is 0 Å². The predicted octanol–water partition coefficient (Wildman–Crippen LogP) is 1.55. The number of nitrogens with zero attached hydrogens (tertiary/aromatic N) is 1. The smallest absolute Gasteiger partial charge is 0.232 e. The Kier molecular flexibility index (Phi) is 7.93. The molecule has 1 saturated heterocycles. The summed E-state index contributed by atoms with van der Waals surface area (Å²) in [5, 5.41) is 2.84. The van der Waals surface area contributed by atoms with Crippen LogP contribution in [0.15, 0.2) is 0 Å². The molecular weight excluding hydrogens is 336 g/mol. The Balaban J connectivity index is 2.31. The van der Waals surface area contributed by atoms with E-state index < -0.39 is 0 Å². The highest BCUT2D eigenvalue weighted by Crippen LogP contribution is 2.22. The lowest BCUT2D eigenvalue weighted by molar-refractivity contribution is -0.139. The van der Waals surface area contributed by atoms with E-state index in [1.165, 1.54) is 4.90 Å². The van der Waals surface area contributed by atoms with Crippen LogP contribution in [0.4, 0.5) is 0 Å². The van der Waals surface area contributed by atoms with Gasteiger partial charge in [-0.3, -0.25) is 19.3 Å². The lowest BCUT2D eigenvalue weighted by Crippen LogP contribution is -2.39. The molecule has 1 fully saturated rings. The predicted molar refractivity (Wildman–Crippen MR) is 97.2 cm³/mol. The molecule has 0 spiro atoms. The first-order valence-electron chi connectivity index (χ1n) is 9.10. The molecule has 26 heavy (non-hydrogen) atoms. The number of hydrogen-bond donors (Lipinski definition) is 1. The van der Waals surface area contributed by atoms with Crippen molar-refractivity contribution in [3.05, 3.63) is 0 Å². The zero-order valence-corrected chi connectivity index (χ0v) is 16.6. The van der Waals surface area contributed by atoms with Crippen molar-refractivity contribution in [1.29, 1.82) is 0 Å². The molecule has 1 heterocycles. The second kappa shape index (κ2) is 9.26. The summed E-state index contributed by atoms with van der Waals surface area (Å²) in [5.41, 5.74) is -0.465. The number of nitrogens with one attached hydrogen (secondary N) is 1. The lowest BCUT2D eigenvalue weighted by Gasteiger charge is -2.28. The van der Waals surface area contributed by atoms with Crippen molar-refractivity contribution in [2.45, 2.75) is 53.9 Å². The largest absolute Gasteiger partial charge is 0.380 e. The van der Waals surface area contributed by atoms with Crippen LogP contribution < -0.4 is 5.32 Å². The van der Waals surface area contributed by atoms with Gasteiger partial charge >= 0.3 is 0 Å². The summed E-state index contributed by atoms with van der Waals surface area (Å²) in [4.78, 5) is 47.4. The first-order valence-corrected chi connectivity index (χ1v) is 9.10. The number of ether oxygens (including phenoxy) is 1. The maximum absolute atomic E-state index is 12.0. The normalized spacial score (nSPS) is 18.3. The van der Waals surface area contributed by atoms with E-state index in [9.17, 15) is 19.2 Å². The summed E-state index contributed by atoms with van der Waals surface area (Å²) in [6.07, 6.45) is 1.67. The van der Waals surface area contributed by atoms with Gasteiger partial charge in [-0.2, -0.15) is 0 Å². The fourth-order valence-electron chi connectivity index (χ4n) is 2.66. The molecule has 7 heteroatoms. The van der Waals surface area contributed by atoms with Crippen molar-refractivity contribution in [1.82, 2.24) is 10.2 Å². The molecule has 1 N–H and O–H groups in total. The Morgan fingerprint density at radius 3 is 2.38 bits per heavy atom. The molecular formula is C19H32N2O5. The van der Waals surface area contributed by atoms with Crippen LogP contribution in [-0.2, 0) is 23.9 Å². The van der Waals surface area contributed by atoms with Crippen LogP contribution in [-0.4, -0.2) is 55.2 Å². The summed E-state index contributed by atoms with van der Waals surface area (Å²) in [7, 11) is 0. The van der Waals surface area contributed by atoms with Gasteiger partial charge in [0, 0.05) is 43.7 Å². The van der Waals surface area contributed by atoms with E-state index in [0.717, 1.165) is 6.29 Å². The van der Waals surface area contributed by atoms with Crippen molar-refractivity contribution in [2.24, 2.45) is 16.7 Å². The van der Waals surface area contributed by atoms with E-state index in [1.807, 2.05) is 27.7 Å². The molecule has 0 radical (unpaired) electrons. The Morgan fingerprint density at radius 2 is 1.85 bits per heavy atom. The zero-order valence-electron chi connectivity index (χ0n) is 16.6. The molecule has 3 amide bonds. The third-order valence-corrected chi connectivity index (χ3v) is 4.42. The summed E-state index contributed by atoms with van der Waals surface area (Å²) in [5.74, 6) is -0.888. The molecule has 0 aromatic rings. The van der Waals surface area contributed by atoms with E-state index in [1.54, 1.807) is 6.92 Å². The van der Waals surface area contributed by atoms with Crippen molar-refractivity contribution in [3.63, 3.8) is 0 Å². The van der Waals surface area contributed by atoms with Crippen molar-refractivity contribution in [2.75, 3.05) is 26.3 Å². The minimum atomic E-state index is -0.287. The highest BCUT2D eigenvalue weighted by atomic mass is 16.5. The second-order valence-electron chi connectivity index (χ2n) is 8.71. The maximum atomic E-state index is 12.0. The molecule has 148 valence electrons. The highest BCUT2D eigenvalue weighted by Gasteiger charge is 2.35. The fourth-order valence-corrected chi connectivity index (χ4v) is 2.66. The monoisotopic (exact) mass is 368 g/mol. The Bertz CT molecular complexity index is 542.